The monoisotopic (exact) mass is 295 g/mol. The van der Waals surface area contributed by atoms with Crippen molar-refractivity contribution < 1.29 is 17.9 Å². The van der Waals surface area contributed by atoms with Gasteiger partial charge < -0.3 is 9.64 Å². The lowest BCUT2D eigenvalue weighted by Gasteiger charge is -2.36. The first-order valence-corrected chi connectivity index (χ1v) is 6.30. The first-order chi connectivity index (χ1) is 8.90. The largest absolute Gasteiger partial charge is 0.433 e. The Bertz CT molecular complexity index is 443. The van der Waals surface area contributed by atoms with Crippen molar-refractivity contribution in [2.24, 2.45) is 0 Å². The van der Waals surface area contributed by atoms with E-state index < -0.39 is 11.9 Å². The molecule has 2 atom stereocenters. The van der Waals surface area contributed by atoms with E-state index in [1.807, 2.05) is 6.92 Å². The van der Waals surface area contributed by atoms with E-state index in [9.17, 15) is 13.2 Å². The number of rotatable bonds is 2. The molecule has 2 rings (SSSR count). The molecule has 0 spiro atoms. The van der Waals surface area contributed by atoms with Crippen molar-refractivity contribution in [1.29, 1.82) is 0 Å². The topological polar surface area (TPSA) is 38.2 Å². The number of hydrogen-bond donors (Lipinski definition) is 0. The molecular weight excluding hydrogens is 283 g/mol. The summed E-state index contributed by atoms with van der Waals surface area (Å²) < 4.78 is 43.3. The van der Waals surface area contributed by atoms with Crippen molar-refractivity contribution in [3.63, 3.8) is 0 Å². The van der Waals surface area contributed by atoms with E-state index in [1.165, 1.54) is 0 Å². The zero-order valence-corrected chi connectivity index (χ0v) is 10.9. The molecule has 0 aliphatic carbocycles. The molecule has 0 N–H and O–H groups in total. The Labute approximate surface area is 113 Å². The van der Waals surface area contributed by atoms with E-state index >= 15 is 0 Å². The summed E-state index contributed by atoms with van der Waals surface area (Å²) in [4.78, 5) is 9.12. The summed E-state index contributed by atoms with van der Waals surface area (Å²) in [6.07, 6.45) is -3.72. The van der Waals surface area contributed by atoms with Gasteiger partial charge in [-0.2, -0.15) is 13.2 Å². The fourth-order valence-corrected chi connectivity index (χ4v) is 2.12. The average molecular weight is 296 g/mol. The highest BCUT2D eigenvalue weighted by atomic mass is 35.5. The molecule has 1 fully saturated rings. The second-order valence-corrected chi connectivity index (χ2v) is 4.68. The summed E-state index contributed by atoms with van der Waals surface area (Å²) in [7, 11) is 0. The maximum atomic E-state index is 12.6. The molecule has 2 heterocycles. The predicted octanol–water partition coefficient (Wildman–Crippen LogP) is 2.33. The normalized spacial score (nSPS) is 24.6. The minimum Gasteiger partial charge on any atom is -0.370 e. The SMILES string of the molecule is CC1CN(c2nccc(C(F)(F)F)n2)CC(CCl)O1. The quantitative estimate of drug-likeness (QED) is 0.785. The lowest BCUT2D eigenvalue weighted by atomic mass is 10.2. The number of anilines is 1. The van der Waals surface area contributed by atoms with Gasteiger partial charge in [0.25, 0.3) is 0 Å². The van der Waals surface area contributed by atoms with Crippen LogP contribution in [0.25, 0.3) is 0 Å². The second-order valence-electron chi connectivity index (χ2n) is 4.37. The number of aromatic nitrogens is 2. The van der Waals surface area contributed by atoms with Crippen LogP contribution in [-0.2, 0) is 10.9 Å². The van der Waals surface area contributed by atoms with Gasteiger partial charge in [-0.25, -0.2) is 9.97 Å². The van der Waals surface area contributed by atoms with Crippen molar-refractivity contribution in [1.82, 2.24) is 9.97 Å². The third-order valence-electron chi connectivity index (χ3n) is 2.71. The lowest BCUT2D eigenvalue weighted by Crippen LogP contribution is -2.48. The van der Waals surface area contributed by atoms with Gasteiger partial charge >= 0.3 is 6.18 Å². The summed E-state index contributed by atoms with van der Waals surface area (Å²) in [5.41, 5.74) is -0.945. The maximum absolute atomic E-state index is 12.6. The fourth-order valence-electron chi connectivity index (χ4n) is 1.95. The van der Waals surface area contributed by atoms with Crippen LogP contribution in [0.3, 0.4) is 0 Å². The van der Waals surface area contributed by atoms with Crippen molar-refractivity contribution >= 4 is 17.5 Å². The second kappa shape index (κ2) is 5.50. The molecule has 0 saturated carbocycles. The van der Waals surface area contributed by atoms with Crippen molar-refractivity contribution in [2.45, 2.75) is 25.3 Å². The van der Waals surface area contributed by atoms with E-state index in [4.69, 9.17) is 16.3 Å². The molecular formula is C11H13ClF3N3O. The van der Waals surface area contributed by atoms with Crippen LogP contribution in [0, 0.1) is 0 Å². The number of morpholine rings is 1. The minimum atomic E-state index is -4.47. The van der Waals surface area contributed by atoms with Crippen LogP contribution in [0.5, 0.6) is 0 Å². The van der Waals surface area contributed by atoms with Crippen molar-refractivity contribution in [2.75, 3.05) is 23.9 Å². The van der Waals surface area contributed by atoms with Crippen LogP contribution in [0.1, 0.15) is 12.6 Å². The first-order valence-electron chi connectivity index (χ1n) is 5.76. The molecule has 0 amide bonds. The van der Waals surface area contributed by atoms with E-state index in [0.717, 1.165) is 12.3 Å². The molecule has 106 valence electrons. The predicted molar refractivity (Wildman–Crippen MR) is 64.3 cm³/mol. The van der Waals surface area contributed by atoms with Gasteiger partial charge in [-0.15, -0.1) is 11.6 Å². The fraction of sp³-hybridized carbons (Fsp3) is 0.636. The Morgan fingerprint density at radius 3 is 2.84 bits per heavy atom. The smallest absolute Gasteiger partial charge is 0.370 e. The van der Waals surface area contributed by atoms with E-state index in [1.54, 1.807) is 4.90 Å². The van der Waals surface area contributed by atoms with Gasteiger partial charge in [-0.05, 0) is 13.0 Å². The van der Waals surface area contributed by atoms with Gasteiger partial charge in [-0.1, -0.05) is 0 Å². The Hall–Kier alpha value is -1.08. The molecule has 1 aliphatic heterocycles. The number of nitrogens with zero attached hydrogens (tertiary/aromatic N) is 3. The molecule has 1 saturated heterocycles. The molecule has 19 heavy (non-hydrogen) atoms. The molecule has 0 bridgehead atoms. The van der Waals surface area contributed by atoms with Gasteiger partial charge in [0.15, 0.2) is 0 Å². The molecule has 2 unspecified atom stereocenters. The first kappa shape index (κ1) is 14.3. The number of alkyl halides is 4. The summed E-state index contributed by atoms with van der Waals surface area (Å²) >= 11 is 5.73. The standard InChI is InChI=1S/C11H13ClF3N3O/c1-7-5-18(6-8(4-12)19-7)10-16-3-2-9(17-10)11(13,14)15/h2-3,7-8H,4-6H2,1H3. The van der Waals surface area contributed by atoms with Crippen LogP contribution in [0.4, 0.5) is 19.1 Å². The van der Waals surface area contributed by atoms with Crippen LogP contribution < -0.4 is 4.90 Å². The van der Waals surface area contributed by atoms with Crippen LogP contribution in [0.15, 0.2) is 12.3 Å². The highest BCUT2D eigenvalue weighted by Crippen LogP contribution is 2.28. The molecule has 1 aromatic rings. The number of ether oxygens (including phenoxy) is 1. The summed E-state index contributed by atoms with van der Waals surface area (Å²) in [6, 6.07) is 0.854. The molecule has 0 aromatic carbocycles. The average Bonchev–Trinajstić information content (AvgIpc) is 2.37. The number of halogens is 4. The Morgan fingerprint density at radius 1 is 1.47 bits per heavy atom. The third kappa shape index (κ3) is 3.48. The summed E-state index contributed by atoms with van der Waals surface area (Å²) in [5.74, 6) is 0.333. The van der Waals surface area contributed by atoms with Gasteiger partial charge in [0.05, 0.1) is 18.1 Å². The van der Waals surface area contributed by atoms with Gasteiger partial charge in [0.1, 0.15) is 5.69 Å². The highest BCUT2D eigenvalue weighted by Gasteiger charge is 2.34. The highest BCUT2D eigenvalue weighted by molar-refractivity contribution is 6.18. The van der Waals surface area contributed by atoms with Crippen molar-refractivity contribution in [3.8, 4) is 0 Å². The van der Waals surface area contributed by atoms with E-state index in [-0.39, 0.29) is 24.0 Å². The third-order valence-corrected chi connectivity index (χ3v) is 3.06. The van der Waals surface area contributed by atoms with E-state index in [2.05, 4.69) is 9.97 Å². The van der Waals surface area contributed by atoms with Crippen LogP contribution in [-0.4, -0.2) is 41.1 Å². The Balaban J connectivity index is 2.21. The Morgan fingerprint density at radius 2 is 2.21 bits per heavy atom. The van der Waals surface area contributed by atoms with Gasteiger partial charge in [0, 0.05) is 19.3 Å². The van der Waals surface area contributed by atoms with Crippen molar-refractivity contribution in [3.05, 3.63) is 18.0 Å². The van der Waals surface area contributed by atoms with Gasteiger partial charge in [0.2, 0.25) is 5.95 Å². The van der Waals surface area contributed by atoms with Gasteiger partial charge in [-0.3, -0.25) is 0 Å². The zero-order valence-electron chi connectivity index (χ0n) is 10.2. The van der Waals surface area contributed by atoms with Crippen LogP contribution in [0.2, 0.25) is 0 Å². The summed E-state index contributed by atoms with van der Waals surface area (Å²) in [5, 5.41) is 0. The zero-order chi connectivity index (χ0) is 14.0. The molecule has 0 radical (unpaired) electrons. The maximum Gasteiger partial charge on any atom is 0.433 e. The Kier molecular flexibility index (Phi) is 4.15. The molecule has 4 nitrogen and oxygen atoms in total. The molecule has 1 aliphatic rings. The number of hydrogen-bond acceptors (Lipinski definition) is 4. The molecule has 1 aromatic heterocycles. The summed E-state index contributed by atoms with van der Waals surface area (Å²) in [6.45, 7) is 2.66. The molecule has 8 heteroatoms. The minimum absolute atomic E-state index is 0.0556. The lowest BCUT2D eigenvalue weighted by molar-refractivity contribution is -0.141. The van der Waals surface area contributed by atoms with E-state index in [0.29, 0.717) is 13.1 Å². The van der Waals surface area contributed by atoms with Crippen LogP contribution >= 0.6 is 11.6 Å².